The van der Waals surface area contributed by atoms with E-state index in [1.807, 2.05) is 37.4 Å². The fourth-order valence-electron chi connectivity index (χ4n) is 4.65. The number of rotatable bonds is 8. The van der Waals surface area contributed by atoms with Crippen molar-refractivity contribution in [1.29, 1.82) is 0 Å². The minimum Gasteiger partial charge on any atom is -0.491 e. The van der Waals surface area contributed by atoms with E-state index in [0.29, 0.717) is 18.2 Å². The molecule has 0 radical (unpaired) electrons. The van der Waals surface area contributed by atoms with Crippen LogP contribution in [0.5, 0.6) is 5.75 Å². The van der Waals surface area contributed by atoms with Crippen LogP contribution in [0, 0.1) is 6.92 Å². The Morgan fingerprint density at radius 3 is 2.69 bits per heavy atom. The van der Waals surface area contributed by atoms with Crippen LogP contribution in [-0.2, 0) is 16.0 Å². The molecule has 3 aromatic rings. The highest BCUT2D eigenvalue weighted by atomic mass is 16.5. The third-order valence-electron chi connectivity index (χ3n) is 6.80. The molecule has 0 aliphatic carbocycles. The summed E-state index contributed by atoms with van der Waals surface area (Å²) < 4.78 is 16.8. The summed E-state index contributed by atoms with van der Waals surface area (Å²) in [5.74, 6) is 0.584. The van der Waals surface area contributed by atoms with Crippen LogP contribution in [0.15, 0.2) is 48.7 Å². The number of anilines is 1. The average Bonchev–Trinajstić information content (AvgIpc) is 3.42. The predicted octanol–water partition coefficient (Wildman–Crippen LogP) is 4.62. The molecular weight excluding hydrogens is 442 g/mol. The number of carbonyl (C=O) groups is 1. The zero-order valence-corrected chi connectivity index (χ0v) is 20.2. The Balaban J connectivity index is 1.20. The highest BCUT2D eigenvalue weighted by molar-refractivity contribution is 6.06. The van der Waals surface area contributed by atoms with E-state index in [4.69, 9.17) is 19.2 Å². The fourth-order valence-corrected chi connectivity index (χ4v) is 4.65. The van der Waals surface area contributed by atoms with Gasteiger partial charge in [0.15, 0.2) is 0 Å². The van der Waals surface area contributed by atoms with Gasteiger partial charge in [-0.3, -0.25) is 9.78 Å². The van der Waals surface area contributed by atoms with Crippen LogP contribution in [0.1, 0.15) is 47.2 Å². The van der Waals surface area contributed by atoms with Crippen molar-refractivity contribution in [1.82, 2.24) is 10.3 Å². The van der Waals surface area contributed by atoms with Crippen molar-refractivity contribution < 1.29 is 19.0 Å². The zero-order chi connectivity index (χ0) is 24.0. The molecule has 5 rings (SSSR count). The Morgan fingerprint density at radius 2 is 1.91 bits per heavy atom. The van der Waals surface area contributed by atoms with Crippen molar-refractivity contribution in [3.8, 4) is 5.75 Å². The maximum Gasteiger partial charge on any atom is 0.255 e. The molecule has 3 heterocycles. The van der Waals surface area contributed by atoms with Crippen molar-refractivity contribution in [2.75, 3.05) is 31.7 Å². The van der Waals surface area contributed by atoms with Gasteiger partial charge in [0, 0.05) is 55.2 Å². The molecule has 1 aromatic heterocycles. The first-order chi connectivity index (χ1) is 17.2. The quantitative estimate of drug-likeness (QED) is 0.495. The number of aromatic nitrogens is 1. The van der Waals surface area contributed by atoms with Gasteiger partial charge in [-0.05, 0) is 80.1 Å². The molecule has 184 valence electrons. The van der Waals surface area contributed by atoms with E-state index in [-0.39, 0.29) is 12.0 Å². The molecule has 0 spiro atoms. The van der Waals surface area contributed by atoms with Crippen molar-refractivity contribution in [2.45, 2.75) is 51.3 Å². The minimum absolute atomic E-state index is 0.157. The summed E-state index contributed by atoms with van der Waals surface area (Å²) in [5.41, 5.74) is 4.35. The number of benzene rings is 2. The average molecular weight is 476 g/mol. The molecule has 0 bridgehead atoms. The van der Waals surface area contributed by atoms with Crippen LogP contribution in [0.25, 0.3) is 10.9 Å². The molecule has 0 saturated carbocycles. The molecule has 2 aliphatic rings. The van der Waals surface area contributed by atoms with Gasteiger partial charge in [-0.15, -0.1) is 0 Å². The Labute approximate surface area is 206 Å². The Hall–Kier alpha value is -3.00. The molecular formula is C28H33N3O4. The topological polar surface area (TPSA) is 81.7 Å². The monoisotopic (exact) mass is 475 g/mol. The van der Waals surface area contributed by atoms with Gasteiger partial charge in [0.05, 0.1) is 11.6 Å². The number of hydrogen-bond acceptors (Lipinski definition) is 6. The number of amides is 1. The van der Waals surface area contributed by atoms with Crippen molar-refractivity contribution in [3.05, 3.63) is 65.4 Å². The zero-order valence-electron chi connectivity index (χ0n) is 20.2. The van der Waals surface area contributed by atoms with Gasteiger partial charge in [0.25, 0.3) is 5.91 Å². The first-order valence-corrected chi connectivity index (χ1v) is 12.5. The third kappa shape index (κ3) is 5.99. The van der Waals surface area contributed by atoms with E-state index in [9.17, 15) is 4.79 Å². The molecule has 7 nitrogen and oxygen atoms in total. The van der Waals surface area contributed by atoms with E-state index >= 15 is 0 Å². The minimum atomic E-state index is -0.157. The fraction of sp³-hybridized carbons (Fsp3) is 0.429. The van der Waals surface area contributed by atoms with Crippen molar-refractivity contribution in [2.24, 2.45) is 0 Å². The van der Waals surface area contributed by atoms with E-state index in [0.717, 1.165) is 85.5 Å². The molecule has 2 saturated heterocycles. The maximum atomic E-state index is 12.9. The number of fused-ring (bicyclic) bond motifs is 1. The highest BCUT2D eigenvalue weighted by Crippen LogP contribution is 2.26. The molecule has 2 fully saturated rings. The second-order valence-corrected chi connectivity index (χ2v) is 9.35. The maximum absolute atomic E-state index is 12.9. The largest absolute Gasteiger partial charge is 0.491 e. The third-order valence-corrected chi connectivity index (χ3v) is 6.80. The second-order valence-electron chi connectivity index (χ2n) is 9.35. The number of carbonyl (C=O) groups excluding carboxylic acids is 1. The molecule has 7 heteroatoms. The summed E-state index contributed by atoms with van der Waals surface area (Å²) in [5, 5.41) is 7.71. The van der Waals surface area contributed by atoms with Crippen LogP contribution < -0.4 is 15.4 Å². The molecule has 1 amide bonds. The first kappa shape index (κ1) is 23.7. The van der Waals surface area contributed by atoms with Gasteiger partial charge in [0.2, 0.25) is 0 Å². The Kier molecular flexibility index (Phi) is 7.57. The smallest absolute Gasteiger partial charge is 0.255 e. The van der Waals surface area contributed by atoms with Gasteiger partial charge in [0.1, 0.15) is 12.4 Å². The van der Waals surface area contributed by atoms with E-state index in [1.54, 1.807) is 12.1 Å². The van der Waals surface area contributed by atoms with E-state index in [1.165, 1.54) is 0 Å². The normalized spacial score (nSPS) is 18.6. The van der Waals surface area contributed by atoms with Crippen LogP contribution in [0.3, 0.4) is 0 Å². The lowest BCUT2D eigenvalue weighted by atomic mass is 10.1. The summed E-state index contributed by atoms with van der Waals surface area (Å²) in [7, 11) is 0. The summed E-state index contributed by atoms with van der Waals surface area (Å²) in [6.45, 7) is 5.80. The van der Waals surface area contributed by atoms with Crippen LogP contribution in [0.4, 0.5) is 5.69 Å². The number of hydrogen-bond donors (Lipinski definition) is 2. The Morgan fingerprint density at radius 1 is 1.09 bits per heavy atom. The second kappa shape index (κ2) is 11.2. The van der Waals surface area contributed by atoms with Crippen LogP contribution in [0.2, 0.25) is 0 Å². The molecule has 1 unspecified atom stereocenters. The number of aryl methyl sites for hydroxylation is 1. The van der Waals surface area contributed by atoms with Crippen LogP contribution in [-0.4, -0.2) is 49.5 Å². The lowest BCUT2D eigenvalue weighted by molar-refractivity contribution is 0.0679. The highest BCUT2D eigenvalue weighted by Gasteiger charge is 2.17. The molecule has 1 atom stereocenters. The first-order valence-electron chi connectivity index (χ1n) is 12.5. The molecule has 2 N–H and O–H groups in total. The van der Waals surface area contributed by atoms with Gasteiger partial charge in [-0.2, -0.15) is 0 Å². The predicted molar refractivity (Wildman–Crippen MR) is 136 cm³/mol. The molecule has 2 aliphatic heterocycles. The summed E-state index contributed by atoms with van der Waals surface area (Å²) >= 11 is 0. The van der Waals surface area contributed by atoms with Crippen molar-refractivity contribution in [3.63, 3.8) is 0 Å². The van der Waals surface area contributed by atoms with Gasteiger partial charge >= 0.3 is 0 Å². The number of pyridine rings is 1. The number of nitrogens with one attached hydrogen (secondary N) is 2. The van der Waals surface area contributed by atoms with Crippen LogP contribution >= 0.6 is 0 Å². The summed E-state index contributed by atoms with van der Waals surface area (Å²) in [6, 6.07) is 13.9. The van der Waals surface area contributed by atoms with E-state index < -0.39 is 0 Å². The lowest BCUT2D eigenvalue weighted by Crippen LogP contribution is -2.34. The summed E-state index contributed by atoms with van der Waals surface area (Å²) in [6.07, 6.45) is 6.31. The van der Waals surface area contributed by atoms with Gasteiger partial charge in [-0.25, -0.2) is 0 Å². The molecule has 2 aromatic carbocycles. The standard InChI is InChI=1S/C28H33N3O4/c1-19-26(31-28(32)21-4-7-24(8-5-21)35-18-25-3-2-12-34-25)9-6-22-15-20(17-30-27(19)22)16-29-23-10-13-33-14-11-23/h4-9,15,17,23,25,29H,2-3,10-14,16,18H2,1H3,(H,31,32). The van der Waals surface area contributed by atoms with Crippen molar-refractivity contribution >= 4 is 22.5 Å². The summed E-state index contributed by atoms with van der Waals surface area (Å²) in [4.78, 5) is 17.6. The SMILES string of the molecule is Cc1c(NC(=O)c2ccc(OCC3CCCO3)cc2)ccc2cc(CNC3CCOCC3)cnc12. The molecule has 35 heavy (non-hydrogen) atoms. The van der Waals surface area contributed by atoms with E-state index in [2.05, 4.69) is 16.7 Å². The van der Waals surface area contributed by atoms with Gasteiger partial charge < -0.3 is 24.8 Å². The Bertz CT molecular complexity index is 1150. The lowest BCUT2D eigenvalue weighted by Gasteiger charge is -2.23. The van der Waals surface area contributed by atoms with Gasteiger partial charge in [-0.1, -0.05) is 6.07 Å². The number of ether oxygens (including phenoxy) is 3. The number of nitrogens with zero attached hydrogens (tertiary/aromatic N) is 1.